The van der Waals surface area contributed by atoms with Gasteiger partial charge in [-0.1, -0.05) is 18.9 Å². The van der Waals surface area contributed by atoms with Crippen molar-refractivity contribution in [2.75, 3.05) is 48.1 Å². The van der Waals surface area contributed by atoms with Crippen LogP contribution in [0.2, 0.25) is 0 Å². The van der Waals surface area contributed by atoms with Crippen molar-refractivity contribution in [3.63, 3.8) is 0 Å². The van der Waals surface area contributed by atoms with Gasteiger partial charge in [-0.3, -0.25) is 9.59 Å². The quantitative estimate of drug-likeness (QED) is 0.441. The van der Waals surface area contributed by atoms with Gasteiger partial charge in [-0.2, -0.15) is 5.10 Å². The first-order chi connectivity index (χ1) is 18.5. The highest BCUT2D eigenvalue weighted by atomic mass is 16.5. The Morgan fingerprint density at radius 3 is 2.29 bits per heavy atom. The summed E-state index contributed by atoms with van der Waals surface area (Å²) in [5.41, 5.74) is 2.56. The van der Waals surface area contributed by atoms with Crippen molar-refractivity contribution in [2.24, 2.45) is 11.0 Å². The summed E-state index contributed by atoms with van der Waals surface area (Å²) in [6.45, 7) is 0.675. The Morgan fingerprint density at radius 1 is 0.947 bits per heavy atom. The molecule has 4 rings (SSSR count). The highest BCUT2D eigenvalue weighted by molar-refractivity contribution is 6.03. The number of hydrogen-bond donors (Lipinski definition) is 0. The molecule has 0 radical (unpaired) electrons. The Hall–Kier alpha value is -3.59. The minimum Gasteiger partial charge on any atom is -0.497 e. The van der Waals surface area contributed by atoms with Gasteiger partial charge >= 0.3 is 0 Å². The third kappa shape index (κ3) is 6.10. The molecule has 0 spiro atoms. The minimum atomic E-state index is -0.356. The van der Waals surface area contributed by atoms with Crippen LogP contribution in [0.3, 0.4) is 0 Å². The average Bonchev–Trinajstić information content (AvgIpc) is 3.65. The fourth-order valence-electron chi connectivity index (χ4n) is 5.15. The smallest absolute Gasteiger partial charge is 0.262 e. The van der Waals surface area contributed by atoms with E-state index < -0.39 is 0 Å². The number of ether oxygens (including phenoxy) is 4. The zero-order valence-corrected chi connectivity index (χ0v) is 22.6. The van der Waals surface area contributed by atoms with Crippen molar-refractivity contribution in [3.8, 4) is 17.2 Å². The van der Waals surface area contributed by atoms with Crippen molar-refractivity contribution >= 4 is 17.5 Å². The summed E-state index contributed by atoms with van der Waals surface area (Å²) in [5, 5.41) is 6.29. The van der Waals surface area contributed by atoms with Crippen molar-refractivity contribution in [1.82, 2.24) is 9.91 Å². The van der Waals surface area contributed by atoms with Crippen LogP contribution in [0.1, 0.15) is 49.3 Å². The molecule has 0 saturated heterocycles. The molecule has 0 bridgehead atoms. The standard InChI is InChI=1S/C29H37N3O6/c1-35-16-15-31(29(34)21-7-5-6-8-21)19-28(33)32-25(22-11-14-26(37-3)27(17-22)38-4)18-24(30-32)20-9-12-23(36-2)13-10-20/h9-14,17,21,25H,5-8,15-16,18-19H2,1-4H3/t25-/m0/s1. The number of carbonyl (C=O) groups is 2. The van der Waals surface area contributed by atoms with Crippen LogP contribution in [0.5, 0.6) is 17.2 Å². The van der Waals surface area contributed by atoms with Crippen LogP contribution in [-0.2, 0) is 14.3 Å². The molecular weight excluding hydrogens is 486 g/mol. The summed E-state index contributed by atoms with van der Waals surface area (Å²) >= 11 is 0. The minimum absolute atomic E-state index is 0.0223. The molecule has 0 aromatic heterocycles. The third-order valence-corrected chi connectivity index (χ3v) is 7.29. The van der Waals surface area contributed by atoms with Gasteiger partial charge in [0.15, 0.2) is 11.5 Å². The summed E-state index contributed by atoms with van der Waals surface area (Å²) in [4.78, 5) is 28.7. The number of hydrogen-bond acceptors (Lipinski definition) is 7. The molecule has 0 N–H and O–H groups in total. The molecule has 9 heteroatoms. The van der Waals surface area contributed by atoms with Crippen LogP contribution in [0, 0.1) is 5.92 Å². The van der Waals surface area contributed by atoms with E-state index in [1.165, 1.54) is 5.01 Å². The Bertz CT molecular complexity index is 1140. The number of amides is 2. The maximum Gasteiger partial charge on any atom is 0.262 e. The Morgan fingerprint density at radius 2 is 1.66 bits per heavy atom. The maximum absolute atomic E-state index is 13.8. The monoisotopic (exact) mass is 523 g/mol. The normalized spacial score (nSPS) is 17.3. The lowest BCUT2D eigenvalue weighted by Crippen LogP contribution is -2.44. The van der Waals surface area contributed by atoms with Gasteiger partial charge in [0.25, 0.3) is 5.91 Å². The molecule has 1 fully saturated rings. The molecule has 1 atom stereocenters. The lowest BCUT2D eigenvalue weighted by atomic mass is 9.98. The highest BCUT2D eigenvalue weighted by Crippen LogP contribution is 2.37. The van der Waals surface area contributed by atoms with E-state index in [0.29, 0.717) is 31.1 Å². The van der Waals surface area contributed by atoms with Crippen molar-refractivity contribution in [3.05, 3.63) is 53.6 Å². The number of nitrogens with zero attached hydrogens (tertiary/aromatic N) is 3. The third-order valence-electron chi connectivity index (χ3n) is 7.29. The number of benzene rings is 2. The SMILES string of the molecule is COCCN(CC(=O)N1N=C(c2ccc(OC)cc2)C[C@H]1c1ccc(OC)c(OC)c1)C(=O)C1CCCC1. The molecule has 1 heterocycles. The molecular formula is C29H37N3O6. The summed E-state index contributed by atoms with van der Waals surface area (Å²) in [6.07, 6.45) is 4.35. The first-order valence-electron chi connectivity index (χ1n) is 13.0. The Labute approximate surface area is 224 Å². The van der Waals surface area contributed by atoms with Crippen LogP contribution in [0.25, 0.3) is 0 Å². The molecule has 1 saturated carbocycles. The van der Waals surface area contributed by atoms with Gasteiger partial charge in [-0.05, 0) is 60.4 Å². The molecule has 2 aromatic carbocycles. The second-order valence-electron chi connectivity index (χ2n) is 9.58. The number of hydrazone groups is 1. The predicted molar refractivity (Wildman–Crippen MR) is 144 cm³/mol. The van der Waals surface area contributed by atoms with Gasteiger partial charge in [-0.15, -0.1) is 0 Å². The van der Waals surface area contributed by atoms with Crippen LogP contribution >= 0.6 is 0 Å². The van der Waals surface area contributed by atoms with Crippen LogP contribution in [0.15, 0.2) is 47.6 Å². The summed E-state index contributed by atoms with van der Waals surface area (Å²) in [5.74, 6) is 1.68. The molecule has 1 aliphatic heterocycles. The van der Waals surface area contributed by atoms with E-state index in [9.17, 15) is 9.59 Å². The van der Waals surface area contributed by atoms with Crippen molar-refractivity contribution in [2.45, 2.75) is 38.1 Å². The Kier molecular flexibility index (Phi) is 9.23. The largest absolute Gasteiger partial charge is 0.497 e. The highest BCUT2D eigenvalue weighted by Gasteiger charge is 2.36. The van der Waals surface area contributed by atoms with E-state index in [0.717, 1.165) is 48.3 Å². The van der Waals surface area contributed by atoms with Crippen LogP contribution < -0.4 is 14.2 Å². The predicted octanol–water partition coefficient (Wildman–Crippen LogP) is 4.06. The van der Waals surface area contributed by atoms with Gasteiger partial charge in [0.05, 0.1) is 39.7 Å². The topological polar surface area (TPSA) is 89.9 Å². The molecule has 2 aliphatic rings. The van der Waals surface area contributed by atoms with E-state index in [1.807, 2.05) is 42.5 Å². The van der Waals surface area contributed by atoms with Gasteiger partial charge < -0.3 is 23.8 Å². The summed E-state index contributed by atoms with van der Waals surface area (Å²) in [6, 6.07) is 12.9. The zero-order chi connectivity index (χ0) is 27.1. The van der Waals surface area contributed by atoms with E-state index in [-0.39, 0.29) is 30.3 Å². The fraction of sp³-hybridized carbons (Fsp3) is 0.483. The average molecular weight is 524 g/mol. The lowest BCUT2D eigenvalue weighted by Gasteiger charge is -2.28. The second-order valence-corrected chi connectivity index (χ2v) is 9.58. The second kappa shape index (κ2) is 12.8. The molecule has 2 aromatic rings. The van der Waals surface area contributed by atoms with Crippen LogP contribution in [-0.4, -0.2) is 75.6 Å². The number of carbonyl (C=O) groups excluding carboxylic acids is 2. The molecule has 2 amide bonds. The molecule has 1 aliphatic carbocycles. The van der Waals surface area contributed by atoms with Crippen molar-refractivity contribution < 1.29 is 28.5 Å². The molecule has 204 valence electrons. The number of rotatable bonds is 11. The molecule has 38 heavy (non-hydrogen) atoms. The zero-order valence-electron chi connectivity index (χ0n) is 22.6. The van der Waals surface area contributed by atoms with Gasteiger partial charge in [0, 0.05) is 26.0 Å². The first kappa shape index (κ1) is 27.4. The lowest BCUT2D eigenvalue weighted by molar-refractivity contribution is -0.144. The van der Waals surface area contributed by atoms with Crippen molar-refractivity contribution in [1.29, 1.82) is 0 Å². The first-order valence-corrected chi connectivity index (χ1v) is 13.0. The summed E-state index contributed by atoms with van der Waals surface area (Å²) < 4.78 is 21.5. The van der Waals surface area contributed by atoms with Gasteiger partial charge in [0.1, 0.15) is 12.3 Å². The Balaban J connectivity index is 1.63. The van der Waals surface area contributed by atoms with E-state index in [2.05, 4.69) is 0 Å². The van der Waals surface area contributed by atoms with E-state index in [4.69, 9.17) is 24.0 Å². The molecule has 9 nitrogen and oxygen atoms in total. The summed E-state index contributed by atoms with van der Waals surface area (Å²) in [7, 11) is 6.39. The molecule has 0 unspecified atom stereocenters. The fourth-order valence-corrected chi connectivity index (χ4v) is 5.15. The van der Waals surface area contributed by atoms with Crippen LogP contribution in [0.4, 0.5) is 0 Å². The van der Waals surface area contributed by atoms with Gasteiger partial charge in [0.2, 0.25) is 5.91 Å². The number of methoxy groups -OCH3 is 4. The maximum atomic E-state index is 13.8. The van der Waals surface area contributed by atoms with E-state index >= 15 is 0 Å². The van der Waals surface area contributed by atoms with E-state index in [1.54, 1.807) is 33.3 Å². The van der Waals surface area contributed by atoms with Gasteiger partial charge in [-0.25, -0.2) is 5.01 Å².